The normalized spacial score (nSPS) is 11.8. The van der Waals surface area contributed by atoms with E-state index < -0.39 is 0 Å². The van der Waals surface area contributed by atoms with Gasteiger partial charge in [0.25, 0.3) is 0 Å². The third-order valence-corrected chi connectivity index (χ3v) is 4.02. The van der Waals surface area contributed by atoms with Gasteiger partial charge in [-0.05, 0) is 18.9 Å². The Balaban J connectivity index is 2.19. The van der Waals surface area contributed by atoms with Crippen LogP contribution < -0.4 is 10.6 Å². The summed E-state index contributed by atoms with van der Waals surface area (Å²) < 4.78 is 0. The third-order valence-electron chi connectivity index (χ3n) is 4.02. The van der Waals surface area contributed by atoms with E-state index in [1.807, 2.05) is 35.4 Å². The van der Waals surface area contributed by atoms with Gasteiger partial charge in [0.15, 0.2) is 5.96 Å². The van der Waals surface area contributed by atoms with E-state index in [0.29, 0.717) is 11.9 Å². The predicted octanol–water partition coefficient (Wildman–Crippen LogP) is 4.13. The molecule has 1 heterocycles. The summed E-state index contributed by atoms with van der Waals surface area (Å²) in [5.74, 6) is 1.17. The summed E-state index contributed by atoms with van der Waals surface area (Å²) in [5.41, 5.74) is 7.19. The second-order valence-electron chi connectivity index (χ2n) is 6.03. The zero-order chi connectivity index (χ0) is 17.2. The molecular weight excluding hydrogens is 298 g/mol. The van der Waals surface area contributed by atoms with E-state index in [2.05, 4.69) is 28.8 Å². The van der Waals surface area contributed by atoms with Gasteiger partial charge in [-0.15, -0.1) is 0 Å². The number of para-hydroxylation sites is 1. The smallest absolute Gasteiger partial charge is 0.232 e. The number of fused-ring (bicyclic) bond motifs is 1. The Morgan fingerprint density at radius 3 is 2.62 bits per heavy atom. The number of aliphatic imine (C=N–C) groups is 1. The van der Waals surface area contributed by atoms with Gasteiger partial charge in [-0.25, -0.2) is 9.97 Å². The maximum atomic E-state index is 6.25. The van der Waals surface area contributed by atoms with Gasteiger partial charge < -0.3 is 5.73 Å². The molecule has 5 heteroatoms. The van der Waals surface area contributed by atoms with E-state index in [9.17, 15) is 0 Å². The fraction of sp³-hybridized carbons (Fsp3) is 0.526. The summed E-state index contributed by atoms with van der Waals surface area (Å²) in [5, 5.41) is 1.04. The predicted molar refractivity (Wildman–Crippen MR) is 102 cm³/mol. The largest absolute Gasteiger partial charge is 0.369 e. The monoisotopic (exact) mass is 327 g/mol. The Morgan fingerprint density at radius 1 is 1.08 bits per heavy atom. The molecule has 1 aromatic carbocycles. The molecule has 0 aliphatic carbocycles. The zero-order valence-electron chi connectivity index (χ0n) is 14.9. The molecule has 130 valence electrons. The van der Waals surface area contributed by atoms with E-state index in [0.717, 1.165) is 43.3 Å². The van der Waals surface area contributed by atoms with Crippen LogP contribution in [0.1, 0.15) is 52.4 Å². The summed E-state index contributed by atoms with van der Waals surface area (Å²) in [6.07, 6.45) is 8.67. The number of guanidine groups is 1. The Kier molecular flexibility index (Phi) is 7.46. The van der Waals surface area contributed by atoms with E-state index >= 15 is 0 Å². The first-order chi connectivity index (χ1) is 11.8. The van der Waals surface area contributed by atoms with Crippen molar-refractivity contribution in [3.8, 4) is 0 Å². The highest BCUT2D eigenvalue weighted by Gasteiger charge is 2.14. The molecule has 0 saturated carbocycles. The highest BCUT2D eigenvalue weighted by Crippen LogP contribution is 2.15. The molecule has 0 saturated heterocycles. The number of hydrogen-bond acceptors (Lipinski definition) is 3. The van der Waals surface area contributed by atoms with Gasteiger partial charge in [-0.1, -0.05) is 57.7 Å². The second kappa shape index (κ2) is 9.85. The summed E-state index contributed by atoms with van der Waals surface area (Å²) >= 11 is 0. The zero-order valence-corrected chi connectivity index (χ0v) is 14.9. The fourth-order valence-corrected chi connectivity index (χ4v) is 2.57. The van der Waals surface area contributed by atoms with Crippen molar-refractivity contribution in [1.82, 2.24) is 9.97 Å². The molecule has 0 aliphatic rings. The van der Waals surface area contributed by atoms with Crippen molar-refractivity contribution >= 4 is 22.8 Å². The van der Waals surface area contributed by atoms with Crippen LogP contribution in [0.25, 0.3) is 10.9 Å². The fourth-order valence-electron chi connectivity index (χ4n) is 2.57. The third kappa shape index (κ3) is 5.18. The van der Waals surface area contributed by atoms with Crippen molar-refractivity contribution in [2.45, 2.75) is 52.4 Å². The van der Waals surface area contributed by atoms with E-state index in [1.165, 1.54) is 19.3 Å². The Hall–Kier alpha value is -2.17. The lowest BCUT2D eigenvalue weighted by molar-refractivity contribution is 0.706. The molecule has 2 rings (SSSR count). The number of benzene rings is 1. The van der Waals surface area contributed by atoms with Crippen LogP contribution in [0.15, 0.2) is 35.5 Å². The molecule has 2 N–H and O–H groups in total. The van der Waals surface area contributed by atoms with Crippen molar-refractivity contribution in [3.63, 3.8) is 0 Å². The van der Waals surface area contributed by atoms with Crippen LogP contribution in [0.4, 0.5) is 5.95 Å². The SMILES string of the molecule is CCCCCN=C(N)N(CCCCC)c1ncc2ccccc2n1. The number of anilines is 1. The number of nitrogens with zero attached hydrogens (tertiary/aromatic N) is 4. The lowest BCUT2D eigenvalue weighted by atomic mass is 10.2. The van der Waals surface area contributed by atoms with Crippen LogP contribution in [0.5, 0.6) is 0 Å². The molecule has 0 fully saturated rings. The first-order valence-electron chi connectivity index (χ1n) is 9.05. The highest BCUT2D eigenvalue weighted by molar-refractivity contribution is 5.94. The van der Waals surface area contributed by atoms with Gasteiger partial charge in [0.2, 0.25) is 5.95 Å². The number of aromatic nitrogens is 2. The Morgan fingerprint density at radius 2 is 1.83 bits per heavy atom. The van der Waals surface area contributed by atoms with Crippen LogP contribution in [0.2, 0.25) is 0 Å². The molecule has 1 aromatic heterocycles. The van der Waals surface area contributed by atoms with Crippen LogP contribution in [0.3, 0.4) is 0 Å². The van der Waals surface area contributed by atoms with Crippen molar-refractivity contribution in [3.05, 3.63) is 30.5 Å². The lowest BCUT2D eigenvalue weighted by Gasteiger charge is -2.21. The number of rotatable bonds is 9. The summed E-state index contributed by atoms with van der Waals surface area (Å²) in [4.78, 5) is 15.7. The van der Waals surface area contributed by atoms with Crippen LogP contribution >= 0.6 is 0 Å². The Labute approximate surface area is 145 Å². The maximum Gasteiger partial charge on any atom is 0.232 e. The molecule has 24 heavy (non-hydrogen) atoms. The first-order valence-corrected chi connectivity index (χ1v) is 9.05. The molecule has 0 radical (unpaired) electrons. The highest BCUT2D eigenvalue weighted by atomic mass is 15.3. The van der Waals surface area contributed by atoms with E-state index in [1.54, 1.807) is 0 Å². The molecule has 0 unspecified atom stereocenters. The Bertz CT molecular complexity index is 653. The van der Waals surface area contributed by atoms with Crippen molar-refractivity contribution < 1.29 is 0 Å². The van der Waals surface area contributed by atoms with Gasteiger partial charge >= 0.3 is 0 Å². The summed E-state index contributed by atoms with van der Waals surface area (Å²) in [6, 6.07) is 8.00. The van der Waals surface area contributed by atoms with E-state index in [4.69, 9.17) is 5.73 Å². The molecule has 0 amide bonds. The van der Waals surface area contributed by atoms with Crippen molar-refractivity contribution in [1.29, 1.82) is 0 Å². The molecule has 0 bridgehead atoms. The van der Waals surface area contributed by atoms with Crippen LogP contribution in [-0.4, -0.2) is 29.0 Å². The van der Waals surface area contributed by atoms with Gasteiger partial charge in [0, 0.05) is 24.7 Å². The van der Waals surface area contributed by atoms with Gasteiger partial charge in [-0.3, -0.25) is 9.89 Å². The lowest BCUT2D eigenvalue weighted by Crippen LogP contribution is -2.39. The molecule has 0 atom stereocenters. The molecule has 0 spiro atoms. The van der Waals surface area contributed by atoms with Crippen LogP contribution in [0, 0.1) is 0 Å². The number of nitrogens with two attached hydrogens (primary N) is 1. The van der Waals surface area contributed by atoms with Gasteiger partial charge in [-0.2, -0.15) is 0 Å². The number of unbranched alkanes of at least 4 members (excludes halogenated alkanes) is 4. The average Bonchev–Trinajstić information content (AvgIpc) is 2.62. The molecule has 2 aromatic rings. The van der Waals surface area contributed by atoms with Gasteiger partial charge in [0.1, 0.15) is 0 Å². The van der Waals surface area contributed by atoms with Gasteiger partial charge in [0.05, 0.1) is 5.52 Å². The summed E-state index contributed by atoms with van der Waals surface area (Å²) in [7, 11) is 0. The standard InChI is InChI=1S/C19H29N5/c1-3-5-9-13-21-18(20)24(14-10-6-4-2)19-22-15-16-11-7-8-12-17(16)23-19/h7-8,11-12,15H,3-6,9-10,13-14H2,1-2H3,(H2,20,21). The quantitative estimate of drug-likeness (QED) is 0.427. The first kappa shape index (κ1) is 18.2. The molecule has 5 nitrogen and oxygen atoms in total. The molecule has 0 aliphatic heterocycles. The molecular formula is C19H29N5. The van der Waals surface area contributed by atoms with Crippen LogP contribution in [-0.2, 0) is 0 Å². The topological polar surface area (TPSA) is 67.4 Å². The van der Waals surface area contributed by atoms with E-state index in [-0.39, 0.29) is 0 Å². The second-order valence-corrected chi connectivity index (χ2v) is 6.03. The van der Waals surface area contributed by atoms with Crippen molar-refractivity contribution in [2.75, 3.05) is 18.0 Å². The minimum Gasteiger partial charge on any atom is -0.369 e. The minimum atomic E-state index is 0.525. The maximum absolute atomic E-state index is 6.25. The summed E-state index contributed by atoms with van der Waals surface area (Å²) in [6.45, 7) is 5.94. The average molecular weight is 327 g/mol. The van der Waals surface area contributed by atoms with Crippen molar-refractivity contribution in [2.24, 2.45) is 10.7 Å². The minimum absolute atomic E-state index is 0.525. The number of hydrogen-bond donors (Lipinski definition) is 1.